The molecular formula is C18H20ClN3O2. The second kappa shape index (κ2) is 6.57. The molecule has 2 aliphatic heterocycles. The Hall–Kier alpha value is -1.85. The zero-order valence-electron chi connectivity index (χ0n) is 13.4. The summed E-state index contributed by atoms with van der Waals surface area (Å²) in [7, 11) is 0. The maximum Gasteiger partial charge on any atom is 0.252 e. The average molecular weight is 346 g/mol. The lowest BCUT2D eigenvalue weighted by Crippen LogP contribution is -2.38. The fraction of sp³-hybridized carbons (Fsp3) is 0.444. The molecule has 3 heterocycles. The van der Waals surface area contributed by atoms with Gasteiger partial charge in [0.2, 0.25) is 0 Å². The van der Waals surface area contributed by atoms with E-state index in [0.29, 0.717) is 11.6 Å². The molecule has 6 heteroatoms. The van der Waals surface area contributed by atoms with Crippen LogP contribution in [0, 0.1) is 0 Å². The summed E-state index contributed by atoms with van der Waals surface area (Å²) in [4.78, 5) is 22.5. The Balaban J connectivity index is 1.57. The number of ether oxygens (including phenoxy) is 1. The summed E-state index contributed by atoms with van der Waals surface area (Å²) in [5.41, 5.74) is 1.81. The molecule has 2 fully saturated rings. The van der Waals surface area contributed by atoms with Gasteiger partial charge in [-0.3, -0.25) is 4.79 Å². The molecule has 5 nitrogen and oxygen atoms in total. The molecule has 0 saturated carbocycles. The highest BCUT2D eigenvalue weighted by atomic mass is 35.5. The molecule has 126 valence electrons. The van der Waals surface area contributed by atoms with Crippen LogP contribution in [0.25, 0.3) is 11.3 Å². The van der Waals surface area contributed by atoms with Gasteiger partial charge in [0.1, 0.15) is 11.9 Å². The molecule has 4 rings (SSSR count). The lowest BCUT2D eigenvalue weighted by atomic mass is 10.1. The number of rotatable bonds is 3. The maximum absolute atomic E-state index is 12.7. The van der Waals surface area contributed by atoms with Gasteiger partial charge in [-0.25, -0.2) is 4.98 Å². The Labute approximate surface area is 146 Å². The number of halogens is 1. The number of amides is 1. The van der Waals surface area contributed by atoms with E-state index < -0.39 is 0 Å². The van der Waals surface area contributed by atoms with Gasteiger partial charge >= 0.3 is 0 Å². The number of benzene rings is 1. The lowest BCUT2D eigenvalue weighted by Gasteiger charge is -2.25. The molecule has 0 radical (unpaired) electrons. The van der Waals surface area contributed by atoms with E-state index in [2.05, 4.69) is 9.97 Å². The number of hydrogen-bond donors (Lipinski definition) is 1. The Morgan fingerprint density at radius 3 is 2.96 bits per heavy atom. The summed E-state index contributed by atoms with van der Waals surface area (Å²) < 4.78 is 5.56. The highest BCUT2D eigenvalue weighted by molar-refractivity contribution is 6.33. The van der Waals surface area contributed by atoms with Crippen LogP contribution in [0.3, 0.4) is 0 Å². The molecule has 1 aromatic heterocycles. The SMILES string of the molecule is O=C([C@H]1CCCO1)N1CCC[C@@H]1c1ncc(-c2ccccc2Cl)[nH]1. The summed E-state index contributed by atoms with van der Waals surface area (Å²) in [6.45, 7) is 1.46. The van der Waals surface area contributed by atoms with Gasteiger partial charge in [0.05, 0.1) is 17.9 Å². The van der Waals surface area contributed by atoms with E-state index >= 15 is 0 Å². The summed E-state index contributed by atoms with van der Waals surface area (Å²) in [5, 5.41) is 0.686. The molecular weight excluding hydrogens is 326 g/mol. The van der Waals surface area contributed by atoms with E-state index in [1.807, 2.05) is 29.2 Å². The first-order valence-corrected chi connectivity index (χ1v) is 8.84. The molecule has 2 aliphatic rings. The van der Waals surface area contributed by atoms with Crippen LogP contribution in [-0.2, 0) is 9.53 Å². The van der Waals surface area contributed by atoms with Crippen LogP contribution in [0.4, 0.5) is 0 Å². The fourth-order valence-corrected chi connectivity index (χ4v) is 3.83. The number of likely N-dealkylation sites (tertiary alicyclic amines) is 1. The molecule has 0 aliphatic carbocycles. The third-order valence-corrected chi connectivity index (χ3v) is 5.15. The van der Waals surface area contributed by atoms with Crippen molar-refractivity contribution in [1.82, 2.24) is 14.9 Å². The summed E-state index contributed by atoms with van der Waals surface area (Å²) in [6, 6.07) is 7.68. The Morgan fingerprint density at radius 1 is 1.29 bits per heavy atom. The number of aromatic nitrogens is 2. The normalized spacial score (nSPS) is 23.8. The quantitative estimate of drug-likeness (QED) is 0.925. The number of nitrogens with zero attached hydrogens (tertiary/aromatic N) is 2. The van der Waals surface area contributed by atoms with Crippen molar-refractivity contribution in [2.75, 3.05) is 13.2 Å². The zero-order chi connectivity index (χ0) is 16.5. The summed E-state index contributed by atoms with van der Waals surface area (Å²) in [5.74, 6) is 0.930. The molecule has 1 amide bonds. The minimum atomic E-state index is -0.274. The zero-order valence-corrected chi connectivity index (χ0v) is 14.1. The first-order valence-electron chi connectivity index (χ1n) is 8.46. The van der Waals surface area contributed by atoms with Crippen molar-refractivity contribution in [3.8, 4) is 11.3 Å². The highest BCUT2D eigenvalue weighted by Gasteiger charge is 2.37. The van der Waals surface area contributed by atoms with Gasteiger partial charge < -0.3 is 14.6 Å². The standard InChI is InChI=1S/C18H20ClN3O2/c19-13-6-2-1-5-12(13)14-11-20-17(21-14)15-7-3-9-22(15)18(23)16-8-4-10-24-16/h1-2,5-6,11,15-16H,3-4,7-10H2,(H,20,21)/t15-,16-/m1/s1. The minimum Gasteiger partial charge on any atom is -0.368 e. The van der Waals surface area contributed by atoms with Crippen LogP contribution in [0.5, 0.6) is 0 Å². The van der Waals surface area contributed by atoms with Gasteiger partial charge in [0.25, 0.3) is 5.91 Å². The maximum atomic E-state index is 12.7. The number of imidazole rings is 1. The third-order valence-electron chi connectivity index (χ3n) is 4.82. The van der Waals surface area contributed by atoms with Gasteiger partial charge in [0, 0.05) is 23.7 Å². The monoisotopic (exact) mass is 345 g/mol. The van der Waals surface area contributed by atoms with Gasteiger partial charge in [-0.15, -0.1) is 0 Å². The van der Waals surface area contributed by atoms with Crippen molar-refractivity contribution < 1.29 is 9.53 Å². The first-order chi connectivity index (χ1) is 11.7. The molecule has 0 bridgehead atoms. The smallest absolute Gasteiger partial charge is 0.252 e. The predicted molar refractivity (Wildman–Crippen MR) is 91.7 cm³/mol. The minimum absolute atomic E-state index is 0.00191. The van der Waals surface area contributed by atoms with E-state index in [4.69, 9.17) is 16.3 Å². The topological polar surface area (TPSA) is 58.2 Å². The van der Waals surface area contributed by atoms with Gasteiger partial charge in [-0.2, -0.15) is 0 Å². The van der Waals surface area contributed by atoms with Crippen molar-refractivity contribution in [3.05, 3.63) is 41.3 Å². The summed E-state index contributed by atoms with van der Waals surface area (Å²) >= 11 is 6.26. The molecule has 0 spiro atoms. The Morgan fingerprint density at radius 2 is 2.17 bits per heavy atom. The van der Waals surface area contributed by atoms with E-state index in [9.17, 15) is 4.79 Å². The second-order valence-corrected chi connectivity index (χ2v) is 6.76. The fourth-order valence-electron chi connectivity index (χ4n) is 3.59. The van der Waals surface area contributed by atoms with Crippen molar-refractivity contribution in [1.29, 1.82) is 0 Å². The van der Waals surface area contributed by atoms with Crippen LogP contribution in [-0.4, -0.2) is 40.0 Å². The largest absolute Gasteiger partial charge is 0.368 e. The first kappa shape index (κ1) is 15.7. The number of carbonyl (C=O) groups is 1. The van der Waals surface area contributed by atoms with E-state index in [1.165, 1.54) is 0 Å². The molecule has 2 atom stereocenters. The van der Waals surface area contributed by atoms with Gasteiger partial charge in [0.15, 0.2) is 0 Å². The van der Waals surface area contributed by atoms with Crippen molar-refractivity contribution >= 4 is 17.5 Å². The van der Waals surface area contributed by atoms with Crippen LogP contribution in [0.2, 0.25) is 5.02 Å². The molecule has 2 aromatic rings. The predicted octanol–water partition coefficient (Wildman–Crippen LogP) is 3.57. The molecule has 1 N–H and O–H groups in total. The van der Waals surface area contributed by atoms with Crippen molar-refractivity contribution in [3.63, 3.8) is 0 Å². The van der Waals surface area contributed by atoms with Crippen LogP contribution in [0.1, 0.15) is 37.5 Å². The van der Waals surface area contributed by atoms with Crippen LogP contribution >= 0.6 is 11.6 Å². The number of carbonyl (C=O) groups excluding carboxylic acids is 1. The number of aromatic amines is 1. The Kier molecular flexibility index (Phi) is 4.29. The third kappa shape index (κ3) is 2.82. The molecule has 0 unspecified atom stereocenters. The Bertz CT molecular complexity index is 739. The van der Waals surface area contributed by atoms with Gasteiger partial charge in [-0.05, 0) is 31.7 Å². The lowest BCUT2D eigenvalue weighted by molar-refractivity contribution is -0.142. The average Bonchev–Trinajstić information content (AvgIpc) is 3.34. The van der Waals surface area contributed by atoms with Crippen molar-refractivity contribution in [2.45, 2.75) is 37.8 Å². The molecule has 1 aromatic carbocycles. The van der Waals surface area contributed by atoms with E-state index in [0.717, 1.165) is 49.3 Å². The second-order valence-electron chi connectivity index (χ2n) is 6.35. The highest BCUT2D eigenvalue weighted by Crippen LogP contribution is 2.34. The van der Waals surface area contributed by atoms with Crippen molar-refractivity contribution in [2.24, 2.45) is 0 Å². The molecule has 24 heavy (non-hydrogen) atoms. The number of nitrogens with one attached hydrogen (secondary N) is 1. The van der Waals surface area contributed by atoms with E-state index in [-0.39, 0.29) is 18.1 Å². The van der Waals surface area contributed by atoms with Gasteiger partial charge in [-0.1, -0.05) is 29.8 Å². The summed E-state index contributed by atoms with van der Waals surface area (Å²) in [6.07, 6.45) is 5.23. The van der Waals surface area contributed by atoms with Crippen LogP contribution in [0.15, 0.2) is 30.5 Å². The van der Waals surface area contributed by atoms with Crippen LogP contribution < -0.4 is 0 Å². The number of H-pyrrole nitrogens is 1. The number of hydrogen-bond acceptors (Lipinski definition) is 3. The molecule has 2 saturated heterocycles. The van der Waals surface area contributed by atoms with E-state index in [1.54, 1.807) is 6.20 Å².